The van der Waals surface area contributed by atoms with Gasteiger partial charge in [0.05, 0.1) is 5.56 Å². The molecule has 1 aliphatic heterocycles. The highest BCUT2D eigenvalue weighted by Gasteiger charge is 2.31. The Kier molecular flexibility index (Phi) is 2.85. The van der Waals surface area contributed by atoms with Crippen molar-refractivity contribution < 1.29 is 9.53 Å². The number of pyridine rings is 1. The number of carbonyl (C=O) groups is 1. The van der Waals surface area contributed by atoms with E-state index in [4.69, 9.17) is 4.74 Å². The molecule has 3 heteroatoms. The number of Topliss-reactive ketones (excluding diaryl/α,β-unsaturated/α-hetero) is 1. The Labute approximate surface area is 118 Å². The Morgan fingerprint density at radius 2 is 2.05 bits per heavy atom. The third-order valence-corrected chi connectivity index (χ3v) is 3.87. The second-order valence-corrected chi connectivity index (χ2v) is 5.59. The molecule has 102 valence electrons. The highest BCUT2D eigenvalue weighted by Crippen LogP contribution is 2.39. The molecule has 0 amide bonds. The van der Waals surface area contributed by atoms with Crippen LogP contribution in [0.25, 0.3) is 10.8 Å². The normalized spacial score (nSPS) is 16.6. The van der Waals surface area contributed by atoms with Crippen LogP contribution in [0.15, 0.2) is 35.7 Å². The minimum absolute atomic E-state index is 0.0197. The van der Waals surface area contributed by atoms with Gasteiger partial charge in [0.1, 0.15) is 5.75 Å². The zero-order valence-electron chi connectivity index (χ0n) is 12.2. The van der Waals surface area contributed by atoms with Crippen LogP contribution in [0.4, 0.5) is 0 Å². The van der Waals surface area contributed by atoms with E-state index in [9.17, 15) is 4.79 Å². The monoisotopic (exact) mass is 267 g/mol. The van der Waals surface area contributed by atoms with Crippen LogP contribution in [0.3, 0.4) is 0 Å². The average molecular weight is 267 g/mol. The quantitative estimate of drug-likeness (QED) is 0.732. The molecule has 0 spiro atoms. The number of nitrogens with zero attached hydrogens (tertiary/aromatic N) is 1. The highest BCUT2D eigenvalue weighted by molar-refractivity contribution is 6.16. The summed E-state index contributed by atoms with van der Waals surface area (Å²) in [5.74, 6) is 1.39. The fourth-order valence-electron chi connectivity index (χ4n) is 2.38. The van der Waals surface area contributed by atoms with Gasteiger partial charge in [-0.2, -0.15) is 0 Å². The maximum Gasteiger partial charge on any atom is 0.231 e. The molecule has 2 heterocycles. The van der Waals surface area contributed by atoms with Crippen LogP contribution in [0.5, 0.6) is 5.75 Å². The summed E-state index contributed by atoms with van der Waals surface area (Å²) in [6.07, 6.45) is 1.78. The maximum atomic E-state index is 12.4. The predicted octanol–water partition coefficient (Wildman–Crippen LogP) is 4.05. The van der Waals surface area contributed by atoms with E-state index in [2.05, 4.69) is 18.8 Å². The van der Waals surface area contributed by atoms with Crippen molar-refractivity contribution in [3.63, 3.8) is 0 Å². The van der Waals surface area contributed by atoms with Gasteiger partial charge in [-0.15, -0.1) is 0 Å². The van der Waals surface area contributed by atoms with Gasteiger partial charge in [0, 0.05) is 17.3 Å². The van der Waals surface area contributed by atoms with E-state index in [-0.39, 0.29) is 11.7 Å². The number of hydrogen-bond donors (Lipinski definition) is 0. The molecule has 0 fully saturated rings. The van der Waals surface area contributed by atoms with Gasteiger partial charge in [0.25, 0.3) is 0 Å². The SMILES string of the molecule is CC(=C1Oc2c(ccc3cc(C)ncc23)C1=O)C(C)C. The van der Waals surface area contributed by atoms with Crippen LogP contribution in [-0.4, -0.2) is 10.8 Å². The molecule has 0 radical (unpaired) electrons. The minimum Gasteiger partial charge on any atom is -0.452 e. The van der Waals surface area contributed by atoms with E-state index in [0.717, 1.165) is 22.0 Å². The topological polar surface area (TPSA) is 39.2 Å². The Morgan fingerprint density at radius 1 is 1.30 bits per heavy atom. The molecule has 3 nitrogen and oxygen atoms in total. The Morgan fingerprint density at radius 3 is 2.75 bits per heavy atom. The number of benzene rings is 1. The van der Waals surface area contributed by atoms with Gasteiger partial charge in [-0.05, 0) is 42.9 Å². The van der Waals surface area contributed by atoms with E-state index in [1.807, 2.05) is 32.0 Å². The molecule has 2 aromatic rings. The van der Waals surface area contributed by atoms with Gasteiger partial charge in [-0.1, -0.05) is 19.9 Å². The molecule has 0 bridgehead atoms. The third-order valence-electron chi connectivity index (χ3n) is 3.87. The molecular formula is C17H17NO2. The zero-order chi connectivity index (χ0) is 14.4. The molecule has 0 aliphatic carbocycles. The van der Waals surface area contributed by atoms with E-state index >= 15 is 0 Å². The molecule has 1 aromatic heterocycles. The number of aryl methyl sites for hydroxylation is 1. The van der Waals surface area contributed by atoms with Crippen LogP contribution in [0.2, 0.25) is 0 Å². The first-order valence-electron chi connectivity index (χ1n) is 6.81. The summed E-state index contributed by atoms with van der Waals surface area (Å²) in [4.78, 5) is 16.8. The summed E-state index contributed by atoms with van der Waals surface area (Å²) in [5, 5.41) is 1.94. The van der Waals surface area contributed by atoms with Crippen molar-refractivity contribution in [1.82, 2.24) is 4.98 Å². The summed E-state index contributed by atoms with van der Waals surface area (Å²) >= 11 is 0. The number of hydrogen-bond acceptors (Lipinski definition) is 3. The fourth-order valence-corrected chi connectivity index (χ4v) is 2.38. The first-order valence-corrected chi connectivity index (χ1v) is 6.81. The van der Waals surface area contributed by atoms with Crippen molar-refractivity contribution in [3.8, 4) is 5.75 Å². The van der Waals surface area contributed by atoms with E-state index in [0.29, 0.717) is 17.1 Å². The molecule has 20 heavy (non-hydrogen) atoms. The minimum atomic E-state index is -0.0197. The van der Waals surface area contributed by atoms with Gasteiger partial charge < -0.3 is 4.74 Å². The second-order valence-electron chi connectivity index (χ2n) is 5.59. The Bertz CT molecular complexity index is 757. The summed E-state index contributed by atoms with van der Waals surface area (Å²) in [7, 11) is 0. The van der Waals surface area contributed by atoms with Gasteiger partial charge >= 0.3 is 0 Å². The molecule has 0 N–H and O–H groups in total. The van der Waals surface area contributed by atoms with E-state index in [1.54, 1.807) is 6.20 Å². The number of fused-ring (bicyclic) bond motifs is 3. The number of rotatable bonds is 1. The van der Waals surface area contributed by atoms with E-state index in [1.165, 1.54) is 0 Å². The lowest BCUT2D eigenvalue weighted by molar-refractivity contribution is 0.101. The summed E-state index contributed by atoms with van der Waals surface area (Å²) < 4.78 is 5.89. The van der Waals surface area contributed by atoms with E-state index < -0.39 is 0 Å². The van der Waals surface area contributed by atoms with Crippen LogP contribution in [0.1, 0.15) is 36.8 Å². The summed E-state index contributed by atoms with van der Waals surface area (Å²) in [5.41, 5.74) is 2.58. The Hall–Kier alpha value is -2.16. The molecule has 1 aliphatic rings. The molecule has 1 aromatic carbocycles. The molecule has 0 unspecified atom stereocenters. The summed E-state index contributed by atoms with van der Waals surface area (Å²) in [6, 6.07) is 5.80. The van der Waals surface area contributed by atoms with Crippen LogP contribution in [0, 0.1) is 12.8 Å². The molecule has 0 saturated carbocycles. The van der Waals surface area contributed by atoms with Crippen molar-refractivity contribution in [2.45, 2.75) is 27.7 Å². The van der Waals surface area contributed by atoms with Crippen LogP contribution < -0.4 is 4.74 Å². The van der Waals surface area contributed by atoms with Crippen LogP contribution >= 0.6 is 0 Å². The number of aromatic nitrogens is 1. The number of allylic oxidation sites excluding steroid dienone is 2. The average Bonchev–Trinajstić information content (AvgIpc) is 2.75. The second kappa shape index (κ2) is 4.44. The first-order chi connectivity index (χ1) is 9.49. The largest absolute Gasteiger partial charge is 0.452 e. The molecule has 3 rings (SSSR count). The molecular weight excluding hydrogens is 250 g/mol. The van der Waals surface area contributed by atoms with Crippen molar-refractivity contribution >= 4 is 16.6 Å². The lowest BCUT2D eigenvalue weighted by Gasteiger charge is -2.08. The zero-order valence-corrected chi connectivity index (χ0v) is 12.2. The third kappa shape index (κ3) is 1.82. The summed E-state index contributed by atoms with van der Waals surface area (Å²) in [6.45, 7) is 8.03. The van der Waals surface area contributed by atoms with Crippen molar-refractivity contribution in [2.75, 3.05) is 0 Å². The van der Waals surface area contributed by atoms with Crippen LogP contribution in [-0.2, 0) is 0 Å². The van der Waals surface area contributed by atoms with Crippen molar-refractivity contribution in [3.05, 3.63) is 47.0 Å². The Balaban J connectivity index is 2.23. The fraction of sp³-hybridized carbons (Fsp3) is 0.294. The molecule has 0 saturated heterocycles. The number of ketones is 1. The number of carbonyl (C=O) groups excluding carboxylic acids is 1. The first kappa shape index (κ1) is 12.9. The van der Waals surface area contributed by atoms with Crippen molar-refractivity contribution in [1.29, 1.82) is 0 Å². The van der Waals surface area contributed by atoms with Gasteiger partial charge in [-0.25, -0.2) is 0 Å². The van der Waals surface area contributed by atoms with Gasteiger partial charge in [0.2, 0.25) is 5.78 Å². The van der Waals surface area contributed by atoms with Gasteiger partial charge in [0.15, 0.2) is 5.76 Å². The lowest BCUT2D eigenvalue weighted by atomic mass is 10.00. The predicted molar refractivity (Wildman–Crippen MR) is 79.0 cm³/mol. The molecule has 0 atom stereocenters. The smallest absolute Gasteiger partial charge is 0.231 e. The standard InChI is InChI=1S/C17H17NO2/c1-9(2)11(4)16-15(19)13-6-5-12-7-10(3)18-8-14(12)17(13)20-16/h5-9H,1-4H3. The van der Waals surface area contributed by atoms with Crippen molar-refractivity contribution in [2.24, 2.45) is 5.92 Å². The highest BCUT2D eigenvalue weighted by atomic mass is 16.5. The lowest BCUT2D eigenvalue weighted by Crippen LogP contribution is -2.05. The maximum absolute atomic E-state index is 12.4. The number of ether oxygens (including phenoxy) is 1. The van der Waals surface area contributed by atoms with Gasteiger partial charge in [-0.3, -0.25) is 9.78 Å².